The van der Waals surface area contributed by atoms with Crippen LogP contribution in [0.1, 0.15) is 12.5 Å². The van der Waals surface area contributed by atoms with E-state index < -0.39 is 11.1 Å². The Labute approximate surface area is 172 Å². The first-order valence-corrected chi connectivity index (χ1v) is 9.42. The third kappa shape index (κ3) is 5.14. The van der Waals surface area contributed by atoms with Gasteiger partial charge in [0.15, 0.2) is 0 Å². The Bertz CT molecular complexity index is 1120. The summed E-state index contributed by atoms with van der Waals surface area (Å²) < 4.78 is 7.69. The van der Waals surface area contributed by atoms with Crippen molar-refractivity contribution in [3.05, 3.63) is 92.2 Å². The molecule has 0 aliphatic heterocycles. The third-order valence-corrected chi connectivity index (χ3v) is 4.41. The van der Waals surface area contributed by atoms with E-state index in [1.54, 1.807) is 42.5 Å². The van der Waals surface area contributed by atoms with E-state index in [0.717, 1.165) is 10.1 Å². The molecule has 0 saturated carbocycles. The number of amides is 1. The van der Waals surface area contributed by atoms with Crippen LogP contribution in [0.4, 0.5) is 0 Å². The van der Waals surface area contributed by atoms with E-state index in [2.05, 4.69) is 5.32 Å². The van der Waals surface area contributed by atoms with Crippen LogP contribution in [0, 0.1) is 0 Å². The number of halogens is 1. The summed E-state index contributed by atoms with van der Waals surface area (Å²) in [5.74, 6) is 0.291. The second-order valence-corrected chi connectivity index (χ2v) is 6.68. The van der Waals surface area contributed by atoms with Crippen molar-refractivity contribution in [3.63, 3.8) is 0 Å². The number of ether oxygens (including phenoxy) is 1. The second kappa shape index (κ2) is 9.25. The zero-order valence-corrected chi connectivity index (χ0v) is 16.6. The van der Waals surface area contributed by atoms with E-state index in [4.69, 9.17) is 16.3 Å². The van der Waals surface area contributed by atoms with Crippen LogP contribution in [0.2, 0.25) is 5.02 Å². The van der Waals surface area contributed by atoms with Gasteiger partial charge >= 0.3 is 11.1 Å². The molecule has 150 valence electrons. The summed E-state index contributed by atoms with van der Waals surface area (Å²) in [7, 11) is 0. The van der Waals surface area contributed by atoms with E-state index in [-0.39, 0.29) is 19.0 Å². The van der Waals surface area contributed by atoms with Gasteiger partial charge in [-0.2, -0.15) is 0 Å². The van der Waals surface area contributed by atoms with Crippen LogP contribution in [0.3, 0.4) is 0 Å². The van der Waals surface area contributed by atoms with Gasteiger partial charge in [0, 0.05) is 29.6 Å². The normalized spacial score (nSPS) is 10.6. The van der Waals surface area contributed by atoms with Crippen LogP contribution in [0.5, 0.6) is 5.75 Å². The van der Waals surface area contributed by atoms with Crippen LogP contribution in [-0.4, -0.2) is 21.6 Å². The first kappa shape index (κ1) is 20.4. The van der Waals surface area contributed by atoms with Gasteiger partial charge in [-0.1, -0.05) is 23.7 Å². The lowest BCUT2D eigenvalue weighted by atomic mass is 10.2. The highest BCUT2D eigenvalue weighted by Gasteiger charge is 2.10. The minimum atomic E-state index is -0.778. The number of nitrogens with zero attached hydrogens (tertiary/aromatic N) is 2. The molecule has 1 amide bonds. The Morgan fingerprint density at radius 1 is 1.07 bits per heavy atom. The van der Waals surface area contributed by atoms with Crippen LogP contribution in [-0.2, 0) is 17.9 Å². The van der Waals surface area contributed by atoms with Crippen LogP contribution in [0.15, 0.2) is 70.5 Å². The topological polar surface area (TPSA) is 82.3 Å². The van der Waals surface area contributed by atoms with Crippen molar-refractivity contribution in [1.82, 2.24) is 14.5 Å². The van der Waals surface area contributed by atoms with Crippen molar-refractivity contribution in [2.24, 2.45) is 0 Å². The van der Waals surface area contributed by atoms with Crippen LogP contribution < -0.4 is 21.2 Å². The number of hydrogen-bond donors (Lipinski definition) is 1. The van der Waals surface area contributed by atoms with E-state index in [1.165, 1.54) is 17.0 Å². The number of nitrogens with one attached hydrogen (secondary N) is 1. The standard InChI is InChI=1S/C21H20ClN3O4/c1-2-29-18-8-6-17(7-9-18)25-11-10-24(20(27)21(25)28)14-19(26)23-13-15-4-3-5-16(22)12-15/h3-12H,2,13-14H2,1H3,(H,23,26). The average molecular weight is 414 g/mol. The molecule has 0 bridgehead atoms. The number of carbonyl (C=O) groups excluding carboxylic acids is 1. The SMILES string of the molecule is CCOc1ccc(-n2ccn(CC(=O)NCc3cccc(Cl)c3)c(=O)c2=O)cc1. The Hall–Kier alpha value is -3.32. The highest BCUT2D eigenvalue weighted by atomic mass is 35.5. The van der Waals surface area contributed by atoms with Crippen LogP contribution in [0.25, 0.3) is 5.69 Å². The molecular formula is C21H20ClN3O4. The summed E-state index contributed by atoms with van der Waals surface area (Å²) in [6.45, 7) is 2.44. The van der Waals surface area contributed by atoms with Gasteiger partial charge in [0.05, 0.1) is 6.61 Å². The van der Waals surface area contributed by atoms with Crippen LogP contribution >= 0.6 is 11.6 Å². The predicted octanol–water partition coefficient (Wildman–Crippen LogP) is 2.37. The van der Waals surface area contributed by atoms with E-state index in [1.807, 2.05) is 13.0 Å². The fourth-order valence-corrected chi connectivity index (χ4v) is 2.98. The third-order valence-electron chi connectivity index (χ3n) is 4.18. The molecule has 0 aliphatic carbocycles. The van der Waals surface area contributed by atoms with Crippen molar-refractivity contribution in [2.45, 2.75) is 20.0 Å². The Kier molecular flexibility index (Phi) is 6.51. The molecular weight excluding hydrogens is 394 g/mol. The maximum absolute atomic E-state index is 12.5. The minimum absolute atomic E-state index is 0.251. The van der Waals surface area contributed by atoms with Crippen molar-refractivity contribution in [3.8, 4) is 11.4 Å². The van der Waals surface area contributed by atoms with Gasteiger partial charge in [-0.15, -0.1) is 0 Å². The smallest absolute Gasteiger partial charge is 0.320 e. The second-order valence-electron chi connectivity index (χ2n) is 6.24. The van der Waals surface area contributed by atoms with Crippen molar-refractivity contribution in [2.75, 3.05) is 6.61 Å². The molecule has 1 heterocycles. The van der Waals surface area contributed by atoms with Crippen molar-refractivity contribution < 1.29 is 9.53 Å². The maximum Gasteiger partial charge on any atom is 0.320 e. The summed E-state index contributed by atoms with van der Waals surface area (Å²) in [6, 6.07) is 13.9. The minimum Gasteiger partial charge on any atom is -0.494 e. The zero-order valence-electron chi connectivity index (χ0n) is 15.8. The lowest BCUT2D eigenvalue weighted by Crippen LogP contribution is -2.42. The number of aromatic nitrogens is 2. The first-order valence-electron chi connectivity index (χ1n) is 9.04. The van der Waals surface area contributed by atoms with Gasteiger partial charge in [0.1, 0.15) is 12.3 Å². The van der Waals surface area contributed by atoms with Gasteiger partial charge < -0.3 is 10.1 Å². The fraction of sp³-hybridized carbons (Fsp3) is 0.190. The molecule has 0 saturated heterocycles. The molecule has 29 heavy (non-hydrogen) atoms. The lowest BCUT2D eigenvalue weighted by Gasteiger charge is -2.10. The van der Waals surface area contributed by atoms with Gasteiger partial charge in [-0.3, -0.25) is 23.5 Å². The summed E-state index contributed by atoms with van der Waals surface area (Å²) in [5.41, 5.74) is -0.143. The summed E-state index contributed by atoms with van der Waals surface area (Å²) in [4.78, 5) is 37.0. The molecule has 0 fully saturated rings. The van der Waals surface area contributed by atoms with Gasteiger partial charge in [0.2, 0.25) is 5.91 Å². The van der Waals surface area contributed by atoms with Gasteiger partial charge in [-0.25, -0.2) is 0 Å². The molecule has 1 N–H and O–H groups in total. The molecule has 1 aromatic heterocycles. The molecule has 0 spiro atoms. The van der Waals surface area contributed by atoms with E-state index in [0.29, 0.717) is 23.1 Å². The van der Waals surface area contributed by atoms with Gasteiger partial charge in [-0.05, 0) is 48.9 Å². The Morgan fingerprint density at radius 3 is 2.52 bits per heavy atom. The number of rotatable bonds is 7. The zero-order chi connectivity index (χ0) is 20.8. The molecule has 8 heteroatoms. The highest BCUT2D eigenvalue weighted by molar-refractivity contribution is 6.30. The molecule has 0 radical (unpaired) electrons. The quantitative estimate of drug-likeness (QED) is 0.603. The molecule has 0 aliphatic rings. The summed E-state index contributed by atoms with van der Waals surface area (Å²) in [5, 5.41) is 3.28. The number of benzene rings is 2. The molecule has 0 atom stereocenters. The van der Waals surface area contributed by atoms with Gasteiger partial charge in [0.25, 0.3) is 0 Å². The summed E-state index contributed by atoms with van der Waals surface area (Å²) >= 11 is 5.92. The lowest BCUT2D eigenvalue weighted by molar-refractivity contribution is -0.121. The van der Waals surface area contributed by atoms with E-state index >= 15 is 0 Å². The number of carbonyl (C=O) groups is 1. The molecule has 2 aromatic carbocycles. The molecule has 0 unspecified atom stereocenters. The highest BCUT2D eigenvalue weighted by Crippen LogP contribution is 2.14. The Balaban J connectivity index is 1.71. The molecule has 3 aromatic rings. The predicted molar refractivity (Wildman–Crippen MR) is 111 cm³/mol. The largest absolute Gasteiger partial charge is 0.494 e. The van der Waals surface area contributed by atoms with Crippen molar-refractivity contribution >= 4 is 17.5 Å². The fourth-order valence-electron chi connectivity index (χ4n) is 2.76. The average Bonchev–Trinajstić information content (AvgIpc) is 2.71. The Morgan fingerprint density at radius 2 is 1.83 bits per heavy atom. The van der Waals surface area contributed by atoms with Crippen molar-refractivity contribution in [1.29, 1.82) is 0 Å². The first-order chi connectivity index (χ1) is 14.0. The van der Waals surface area contributed by atoms with E-state index in [9.17, 15) is 14.4 Å². The molecule has 7 nitrogen and oxygen atoms in total. The monoisotopic (exact) mass is 413 g/mol. The molecule has 3 rings (SSSR count). The maximum atomic E-state index is 12.5. The number of hydrogen-bond acceptors (Lipinski definition) is 4. The summed E-state index contributed by atoms with van der Waals surface area (Å²) in [6.07, 6.45) is 2.88.